The second-order valence-corrected chi connectivity index (χ2v) is 14.0. The lowest BCUT2D eigenvalue weighted by Gasteiger charge is -2.25. The van der Waals surface area contributed by atoms with E-state index in [1.54, 1.807) is 35.2 Å². The quantitative estimate of drug-likeness (QED) is 0.154. The highest BCUT2D eigenvalue weighted by molar-refractivity contribution is 7.92. The molecule has 0 unspecified atom stereocenters. The minimum absolute atomic E-state index is 0.0600. The SMILES string of the molecule is CN(C)CCCS(=O)(=O)N(C)c1c2cccnc2c(OC(c2ccccc2)c2ccccc2)c2c(O)n(Cc3ccc(F)cc3)cc12. The summed E-state index contributed by atoms with van der Waals surface area (Å²) in [4.78, 5) is 6.66. The van der Waals surface area contributed by atoms with E-state index in [1.165, 1.54) is 23.5 Å². The molecule has 0 radical (unpaired) electrons. The van der Waals surface area contributed by atoms with Gasteiger partial charge >= 0.3 is 0 Å². The van der Waals surface area contributed by atoms with Crippen molar-refractivity contribution in [2.24, 2.45) is 0 Å². The zero-order chi connectivity index (χ0) is 33.1. The van der Waals surface area contributed by atoms with Gasteiger partial charge in [-0.3, -0.25) is 9.29 Å². The highest BCUT2D eigenvalue weighted by atomic mass is 32.2. The van der Waals surface area contributed by atoms with Crippen LogP contribution < -0.4 is 9.04 Å². The Labute approximate surface area is 274 Å². The van der Waals surface area contributed by atoms with Crippen LogP contribution in [0.3, 0.4) is 0 Å². The van der Waals surface area contributed by atoms with Crippen molar-refractivity contribution in [3.63, 3.8) is 0 Å². The Balaban J connectivity index is 1.59. The van der Waals surface area contributed by atoms with Gasteiger partial charge in [0.15, 0.2) is 5.75 Å². The average molecular weight is 653 g/mol. The number of benzene rings is 4. The lowest BCUT2D eigenvalue weighted by atomic mass is 10.0. The van der Waals surface area contributed by atoms with E-state index in [9.17, 15) is 17.9 Å². The molecule has 0 aliphatic rings. The van der Waals surface area contributed by atoms with Crippen LogP contribution in [0.5, 0.6) is 11.6 Å². The van der Waals surface area contributed by atoms with E-state index in [1.807, 2.05) is 85.7 Å². The maximum Gasteiger partial charge on any atom is 0.234 e. The Bertz CT molecular complexity index is 2060. The summed E-state index contributed by atoms with van der Waals surface area (Å²) >= 11 is 0. The standard InChI is InChI=1S/C37H37FN4O4S/c1-40(2)22-11-23-47(44,45)41(3)34-30-16-10-21-39-33(30)36(46-35(27-12-6-4-7-13-27)28-14-8-5-9-15-28)32-31(34)25-42(37(32)43)24-26-17-19-29(38)20-18-26/h4-10,12-21,25,35,43H,11,22-24H2,1-3H3. The van der Waals surface area contributed by atoms with E-state index in [-0.39, 0.29) is 24.0 Å². The molecule has 4 aromatic carbocycles. The molecule has 2 aromatic heterocycles. The monoisotopic (exact) mass is 652 g/mol. The van der Waals surface area contributed by atoms with Crippen molar-refractivity contribution in [2.45, 2.75) is 19.1 Å². The van der Waals surface area contributed by atoms with Gasteiger partial charge in [0, 0.05) is 30.2 Å². The van der Waals surface area contributed by atoms with Crippen LogP contribution in [0.2, 0.25) is 0 Å². The molecule has 0 atom stereocenters. The summed E-state index contributed by atoms with van der Waals surface area (Å²) in [7, 11) is 1.57. The lowest BCUT2D eigenvalue weighted by molar-refractivity contribution is 0.252. The van der Waals surface area contributed by atoms with Gasteiger partial charge in [-0.25, -0.2) is 12.8 Å². The summed E-state index contributed by atoms with van der Waals surface area (Å²) in [5.41, 5.74) is 3.35. The Morgan fingerprint density at radius 2 is 1.51 bits per heavy atom. The third kappa shape index (κ3) is 6.65. The molecule has 8 nitrogen and oxygen atoms in total. The molecule has 242 valence electrons. The summed E-state index contributed by atoms with van der Waals surface area (Å²) in [6, 6.07) is 29.2. The number of sulfonamides is 1. The fourth-order valence-corrected chi connectivity index (χ4v) is 7.13. The van der Waals surface area contributed by atoms with Gasteiger partial charge in [-0.1, -0.05) is 72.8 Å². The molecular formula is C37H37FN4O4S. The lowest BCUT2D eigenvalue weighted by Crippen LogP contribution is -2.30. The molecule has 47 heavy (non-hydrogen) atoms. The number of halogens is 1. The number of aromatic hydroxyl groups is 1. The highest BCUT2D eigenvalue weighted by Crippen LogP contribution is 2.49. The molecule has 2 heterocycles. The molecule has 0 saturated carbocycles. The van der Waals surface area contributed by atoms with Crippen LogP contribution in [0, 0.1) is 5.82 Å². The largest absolute Gasteiger partial charge is 0.494 e. The van der Waals surface area contributed by atoms with Crippen molar-refractivity contribution < 1.29 is 22.7 Å². The van der Waals surface area contributed by atoms with Gasteiger partial charge in [-0.05, 0) is 68.0 Å². The molecule has 10 heteroatoms. The fraction of sp³-hybridized carbons (Fsp3) is 0.216. The summed E-state index contributed by atoms with van der Waals surface area (Å²) in [6.45, 7) is 0.830. The minimum atomic E-state index is -3.78. The van der Waals surface area contributed by atoms with Gasteiger partial charge in [-0.2, -0.15) is 0 Å². The smallest absolute Gasteiger partial charge is 0.234 e. The summed E-state index contributed by atoms with van der Waals surface area (Å²) in [5.74, 6) is -0.215. The molecule has 6 rings (SSSR count). The summed E-state index contributed by atoms with van der Waals surface area (Å²) < 4.78 is 51.2. The first-order valence-corrected chi connectivity index (χ1v) is 17.0. The number of ether oxygens (including phenoxy) is 1. The molecule has 0 spiro atoms. The zero-order valence-electron chi connectivity index (χ0n) is 26.5. The predicted molar refractivity (Wildman–Crippen MR) is 185 cm³/mol. The van der Waals surface area contributed by atoms with E-state index in [0.29, 0.717) is 46.1 Å². The van der Waals surface area contributed by atoms with Gasteiger partial charge in [0.2, 0.25) is 15.9 Å². The van der Waals surface area contributed by atoms with Gasteiger partial charge in [0.25, 0.3) is 0 Å². The Kier molecular flexibility index (Phi) is 9.15. The first-order chi connectivity index (χ1) is 22.6. The third-order valence-corrected chi connectivity index (χ3v) is 10.1. The maximum atomic E-state index is 13.8. The predicted octanol–water partition coefficient (Wildman–Crippen LogP) is 6.97. The van der Waals surface area contributed by atoms with Crippen LogP contribution in [0.15, 0.2) is 109 Å². The van der Waals surface area contributed by atoms with Crippen LogP contribution in [0.4, 0.5) is 10.1 Å². The molecule has 6 aromatic rings. The van der Waals surface area contributed by atoms with E-state index in [4.69, 9.17) is 9.72 Å². The highest BCUT2D eigenvalue weighted by Gasteiger charge is 2.30. The number of rotatable bonds is 12. The van der Waals surface area contributed by atoms with E-state index in [2.05, 4.69) is 0 Å². The zero-order valence-corrected chi connectivity index (χ0v) is 27.4. The molecule has 1 N–H and O–H groups in total. The van der Waals surface area contributed by atoms with Gasteiger partial charge < -0.3 is 19.3 Å². The molecule has 0 aliphatic heterocycles. The molecule has 0 bridgehead atoms. The minimum Gasteiger partial charge on any atom is -0.494 e. The molecule has 0 amide bonds. The van der Waals surface area contributed by atoms with E-state index in [0.717, 1.165) is 16.7 Å². The van der Waals surface area contributed by atoms with Gasteiger partial charge in [0.05, 0.1) is 23.4 Å². The Hall–Kier alpha value is -4.93. The second-order valence-electron chi connectivity index (χ2n) is 11.8. The van der Waals surface area contributed by atoms with E-state index < -0.39 is 16.1 Å². The van der Waals surface area contributed by atoms with Crippen LogP contribution in [-0.2, 0) is 16.6 Å². The number of aromatic nitrogens is 2. The van der Waals surface area contributed by atoms with Crippen molar-refractivity contribution in [1.29, 1.82) is 0 Å². The first-order valence-electron chi connectivity index (χ1n) is 15.4. The van der Waals surface area contributed by atoms with Crippen LogP contribution >= 0.6 is 0 Å². The number of hydrogen-bond acceptors (Lipinski definition) is 6. The summed E-state index contributed by atoms with van der Waals surface area (Å²) in [5, 5.41) is 13.3. The van der Waals surface area contributed by atoms with Crippen LogP contribution in [0.1, 0.15) is 29.2 Å². The first kappa shape index (κ1) is 32.0. The average Bonchev–Trinajstić information content (AvgIpc) is 3.39. The normalized spacial score (nSPS) is 12.0. The number of fused-ring (bicyclic) bond motifs is 2. The number of anilines is 1. The number of hydrogen-bond donors (Lipinski definition) is 1. The second kappa shape index (κ2) is 13.4. The number of pyridine rings is 1. The Morgan fingerprint density at radius 1 is 0.872 bits per heavy atom. The maximum absolute atomic E-state index is 13.8. The van der Waals surface area contributed by atoms with Crippen molar-refractivity contribution >= 4 is 37.4 Å². The van der Waals surface area contributed by atoms with Crippen LogP contribution in [0.25, 0.3) is 21.7 Å². The fourth-order valence-electron chi connectivity index (χ4n) is 5.89. The molecule has 0 saturated heterocycles. The van der Waals surface area contributed by atoms with Gasteiger partial charge in [0.1, 0.15) is 17.4 Å². The van der Waals surface area contributed by atoms with Gasteiger partial charge in [-0.15, -0.1) is 0 Å². The van der Waals surface area contributed by atoms with Crippen molar-refractivity contribution in [3.8, 4) is 11.6 Å². The van der Waals surface area contributed by atoms with Crippen molar-refractivity contribution in [2.75, 3.05) is 37.7 Å². The molecular weight excluding hydrogens is 615 g/mol. The Morgan fingerprint density at radius 3 is 2.13 bits per heavy atom. The summed E-state index contributed by atoms with van der Waals surface area (Å²) in [6.07, 6.45) is 3.24. The topological polar surface area (TPSA) is 87.9 Å². The third-order valence-electron chi connectivity index (χ3n) is 8.26. The van der Waals surface area contributed by atoms with E-state index >= 15 is 0 Å². The van der Waals surface area contributed by atoms with Crippen molar-refractivity contribution in [1.82, 2.24) is 14.5 Å². The molecule has 0 aliphatic carbocycles. The molecule has 0 fully saturated rings. The van der Waals surface area contributed by atoms with Crippen molar-refractivity contribution in [3.05, 3.63) is 132 Å². The number of nitrogens with zero attached hydrogens (tertiary/aromatic N) is 4. The van der Waals surface area contributed by atoms with Crippen LogP contribution in [-0.4, -0.2) is 61.4 Å².